The van der Waals surface area contributed by atoms with E-state index in [1.807, 2.05) is 17.1 Å². The standard InChI is InChI=1S/C9H14N6/c10-15-7-4-13-9(15)12-2-1-5-14-6-3-11-8-14/h3-4,6-8H,1-2,5,10H2,(H,12,13). The van der Waals surface area contributed by atoms with Gasteiger partial charge in [0.2, 0.25) is 5.95 Å². The fourth-order valence-corrected chi connectivity index (χ4v) is 1.33. The van der Waals surface area contributed by atoms with Gasteiger partial charge in [-0.25, -0.2) is 14.6 Å². The van der Waals surface area contributed by atoms with Crippen LogP contribution >= 0.6 is 0 Å². The second-order valence-electron chi connectivity index (χ2n) is 3.24. The number of hydrogen-bond donors (Lipinski definition) is 2. The summed E-state index contributed by atoms with van der Waals surface area (Å²) in [6, 6.07) is 0. The number of nitrogens with one attached hydrogen (secondary N) is 1. The van der Waals surface area contributed by atoms with E-state index in [1.54, 1.807) is 18.6 Å². The van der Waals surface area contributed by atoms with Crippen molar-refractivity contribution in [1.29, 1.82) is 0 Å². The molecule has 2 rings (SSSR count). The Labute approximate surface area is 87.7 Å². The highest BCUT2D eigenvalue weighted by Crippen LogP contribution is 1.99. The number of aromatic nitrogens is 4. The first-order valence-electron chi connectivity index (χ1n) is 4.84. The van der Waals surface area contributed by atoms with Gasteiger partial charge in [-0.2, -0.15) is 0 Å². The molecule has 0 bridgehead atoms. The van der Waals surface area contributed by atoms with Crippen LogP contribution < -0.4 is 11.2 Å². The van der Waals surface area contributed by atoms with Crippen LogP contribution in [-0.4, -0.2) is 25.8 Å². The molecule has 3 N–H and O–H groups in total. The van der Waals surface area contributed by atoms with Crippen LogP contribution in [0.5, 0.6) is 0 Å². The Bertz CT molecular complexity index is 390. The average molecular weight is 206 g/mol. The van der Waals surface area contributed by atoms with Crippen LogP contribution in [0.25, 0.3) is 0 Å². The Kier molecular flexibility index (Phi) is 2.87. The van der Waals surface area contributed by atoms with Crippen molar-refractivity contribution in [3.8, 4) is 0 Å². The second-order valence-corrected chi connectivity index (χ2v) is 3.24. The van der Waals surface area contributed by atoms with Gasteiger partial charge < -0.3 is 15.7 Å². The normalized spacial score (nSPS) is 10.4. The summed E-state index contributed by atoms with van der Waals surface area (Å²) in [6.07, 6.45) is 9.91. The lowest BCUT2D eigenvalue weighted by Gasteiger charge is -2.05. The van der Waals surface area contributed by atoms with Gasteiger partial charge in [0.1, 0.15) is 0 Å². The van der Waals surface area contributed by atoms with Gasteiger partial charge in [-0.1, -0.05) is 0 Å². The van der Waals surface area contributed by atoms with Crippen LogP contribution in [-0.2, 0) is 6.54 Å². The molecule has 0 saturated heterocycles. The van der Waals surface area contributed by atoms with E-state index in [0.717, 1.165) is 19.5 Å². The lowest BCUT2D eigenvalue weighted by Crippen LogP contribution is -2.14. The fourth-order valence-electron chi connectivity index (χ4n) is 1.33. The van der Waals surface area contributed by atoms with Gasteiger partial charge >= 0.3 is 0 Å². The van der Waals surface area contributed by atoms with Gasteiger partial charge in [0.15, 0.2) is 0 Å². The van der Waals surface area contributed by atoms with E-state index in [4.69, 9.17) is 5.84 Å². The maximum absolute atomic E-state index is 5.59. The molecule has 2 heterocycles. The zero-order chi connectivity index (χ0) is 10.5. The summed E-state index contributed by atoms with van der Waals surface area (Å²) >= 11 is 0. The van der Waals surface area contributed by atoms with Crippen molar-refractivity contribution in [3.05, 3.63) is 31.1 Å². The molecule has 6 heteroatoms. The van der Waals surface area contributed by atoms with Gasteiger partial charge in [0, 0.05) is 37.9 Å². The van der Waals surface area contributed by atoms with Crippen molar-refractivity contribution in [2.24, 2.45) is 0 Å². The minimum absolute atomic E-state index is 0.695. The Morgan fingerprint density at radius 2 is 2.27 bits per heavy atom. The molecule has 0 aromatic carbocycles. The molecular weight excluding hydrogens is 192 g/mol. The topological polar surface area (TPSA) is 73.7 Å². The molecule has 0 spiro atoms. The van der Waals surface area contributed by atoms with Gasteiger partial charge in [0.05, 0.1) is 6.33 Å². The van der Waals surface area contributed by atoms with Crippen LogP contribution in [0.3, 0.4) is 0 Å². The van der Waals surface area contributed by atoms with E-state index in [-0.39, 0.29) is 0 Å². The summed E-state index contributed by atoms with van der Waals surface area (Å²) in [5, 5.41) is 3.15. The summed E-state index contributed by atoms with van der Waals surface area (Å²) < 4.78 is 3.51. The first-order valence-corrected chi connectivity index (χ1v) is 4.84. The summed E-state index contributed by atoms with van der Waals surface area (Å²) in [6.45, 7) is 1.78. The highest BCUT2D eigenvalue weighted by atomic mass is 15.4. The van der Waals surface area contributed by atoms with Gasteiger partial charge in [-0.3, -0.25) is 0 Å². The third-order valence-electron chi connectivity index (χ3n) is 2.10. The Morgan fingerprint density at radius 1 is 1.33 bits per heavy atom. The van der Waals surface area contributed by atoms with E-state index in [1.165, 1.54) is 4.68 Å². The maximum atomic E-state index is 5.59. The smallest absolute Gasteiger partial charge is 0.221 e. The molecule has 2 aromatic rings. The minimum atomic E-state index is 0.695. The van der Waals surface area contributed by atoms with Crippen molar-refractivity contribution < 1.29 is 0 Å². The predicted octanol–water partition coefficient (Wildman–Crippen LogP) is 0.296. The molecule has 6 nitrogen and oxygen atoms in total. The van der Waals surface area contributed by atoms with Crippen LogP contribution in [0.15, 0.2) is 31.1 Å². The molecule has 0 aliphatic heterocycles. The number of hydrogen-bond acceptors (Lipinski definition) is 4. The molecule has 0 radical (unpaired) electrons. The molecule has 2 aromatic heterocycles. The van der Waals surface area contributed by atoms with Gasteiger partial charge in [-0.15, -0.1) is 0 Å². The molecule has 0 aliphatic carbocycles. The Hall–Kier alpha value is -1.98. The number of imidazole rings is 2. The monoisotopic (exact) mass is 206 g/mol. The third-order valence-corrected chi connectivity index (χ3v) is 2.10. The van der Waals surface area contributed by atoms with Crippen molar-refractivity contribution in [2.75, 3.05) is 17.7 Å². The zero-order valence-corrected chi connectivity index (χ0v) is 8.37. The van der Waals surface area contributed by atoms with Gasteiger partial charge in [0.25, 0.3) is 0 Å². The van der Waals surface area contributed by atoms with Crippen LogP contribution in [0.4, 0.5) is 5.95 Å². The van der Waals surface area contributed by atoms with E-state index in [0.29, 0.717) is 5.95 Å². The molecule has 0 atom stereocenters. The van der Waals surface area contributed by atoms with Crippen molar-refractivity contribution in [3.63, 3.8) is 0 Å². The van der Waals surface area contributed by atoms with Crippen molar-refractivity contribution in [2.45, 2.75) is 13.0 Å². The van der Waals surface area contributed by atoms with E-state index in [2.05, 4.69) is 15.3 Å². The van der Waals surface area contributed by atoms with E-state index in [9.17, 15) is 0 Å². The molecule has 15 heavy (non-hydrogen) atoms. The number of nitrogens with zero attached hydrogens (tertiary/aromatic N) is 4. The number of nitrogens with two attached hydrogens (primary N) is 1. The molecule has 0 fully saturated rings. The first-order chi connectivity index (χ1) is 7.36. The zero-order valence-electron chi connectivity index (χ0n) is 8.37. The minimum Gasteiger partial charge on any atom is -0.354 e. The Morgan fingerprint density at radius 3 is 2.93 bits per heavy atom. The molecular formula is C9H14N6. The summed E-state index contributed by atoms with van der Waals surface area (Å²) in [7, 11) is 0. The number of aryl methyl sites for hydroxylation is 1. The Balaban J connectivity index is 1.70. The quantitative estimate of drug-likeness (QED) is 0.545. The molecule has 0 saturated carbocycles. The maximum Gasteiger partial charge on any atom is 0.221 e. The van der Waals surface area contributed by atoms with E-state index < -0.39 is 0 Å². The van der Waals surface area contributed by atoms with Crippen LogP contribution in [0.1, 0.15) is 6.42 Å². The average Bonchev–Trinajstić information content (AvgIpc) is 2.85. The van der Waals surface area contributed by atoms with Crippen molar-refractivity contribution in [1.82, 2.24) is 19.2 Å². The van der Waals surface area contributed by atoms with Gasteiger partial charge in [-0.05, 0) is 6.42 Å². The SMILES string of the molecule is Nn1ccnc1NCCCn1ccnc1. The summed E-state index contributed by atoms with van der Waals surface area (Å²) in [5.41, 5.74) is 0. The number of rotatable bonds is 5. The summed E-state index contributed by atoms with van der Waals surface area (Å²) in [4.78, 5) is 8.03. The third kappa shape index (κ3) is 2.49. The molecule has 80 valence electrons. The highest BCUT2D eigenvalue weighted by molar-refractivity contribution is 5.25. The first kappa shape index (κ1) is 9.57. The largest absolute Gasteiger partial charge is 0.354 e. The number of anilines is 1. The number of nitrogen functional groups attached to an aromatic ring is 1. The summed E-state index contributed by atoms with van der Waals surface area (Å²) in [5.74, 6) is 6.29. The molecule has 0 unspecified atom stereocenters. The fraction of sp³-hybridized carbons (Fsp3) is 0.333. The van der Waals surface area contributed by atoms with E-state index >= 15 is 0 Å². The highest BCUT2D eigenvalue weighted by Gasteiger charge is 1.97. The predicted molar refractivity (Wildman–Crippen MR) is 57.7 cm³/mol. The van der Waals surface area contributed by atoms with Crippen LogP contribution in [0.2, 0.25) is 0 Å². The lowest BCUT2D eigenvalue weighted by molar-refractivity contribution is 0.658. The molecule has 0 amide bonds. The second kappa shape index (κ2) is 4.50. The lowest BCUT2D eigenvalue weighted by atomic mass is 10.4. The van der Waals surface area contributed by atoms with Crippen LogP contribution in [0, 0.1) is 0 Å². The molecule has 0 aliphatic rings. The van der Waals surface area contributed by atoms with Crippen molar-refractivity contribution >= 4 is 5.95 Å².